The van der Waals surface area contributed by atoms with Crippen molar-refractivity contribution in [1.29, 1.82) is 0 Å². The first-order valence-electron chi connectivity index (χ1n) is 10.6. The van der Waals surface area contributed by atoms with Gasteiger partial charge in [0.25, 0.3) is 5.91 Å². The molecule has 0 saturated heterocycles. The summed E-state index contributed by atoms with van der Waals surface area (Å²) in [6.45, 7) is 4.83. The second-order valence-electron chi connectivity index (χ2n) is 8.02. The fourth-order valence-corrected chi connectivity index (χ4v) is 5.21. The number of carbonyl (C=O) groups is 1. The molecule has 152 valence electrons. The number of fused-ring (bicyclic) bond motifs is 3. The molecule has 0 atom stereocenters. The molecule has 0 bridgehead atoms. The molecule has 0 saturated carbocycles. The standard InChI is InChI=1S/C25H25N3OS/c1-17-9-10-21-19(14-17)15-20-16-23(30-25(20)27-21)24(29)26-11-5-13-28-12-4-7-18-6-2-3-8-22(18)28/h2-3,6,8-10,14-16H,4-5,7,11-13H2,1H3,(H,26,29). The molecule has 3 heterocycles. The molecule has 2 aromatic heterocycles. The zero-order chi connectivity index (χ0) is 20.5. The zero-order valence-electron chi connectivity index (χ0n) is 17.1. The van der Waals surface area contributed by atoms with Gasteiger partial charge in [-0.05, 0) is 62.1 Å². The van der Waals surface area contributed by atoms with Crippen LogP contribution < -0.4 is 10.2 Å². The summed E-state index contributed by atoms with van der Waals surface area (Å²) in [6, 6.07) is 19.0. The molecule has 4 nitrogen and oxygen atoms in total. The van der Waals surface area contributed by atoms with E-state index in [1.54, 1.807) is 0 Å². The number of thiophene rings is 1. The SMILES string of the molecule is Cc1ccc2nc3sc(C(=O)NCCCN4CCCc5ccccc54)cc3cc2c1. The van der Waals surface area contributed by atoms with Crippen molar-refractivity contribution in [2.24, 2.45) is 0 Å². The summed E-state index contributed by atoms with van der Waals surface area (Å²) in [5.41, 5.74) is 4.98. The van der Waals surface area contributed by atoms with Crippen LogP contribution in [0.15, 0.2) is 54.6 Å². The normalized spacial score (nSPS) is 13.6. The van der Waals surface area contributed by atoms with E-state index in [9.17, 15) is 4.79 Å². The van der Waals surface area contributed by atoms with E-state index in [-0.39, 0.29) is 5.91 Å². The van der Waals surface area contributed by atoms with Crippen LogP contribution in [0, 0.1) is 6.92 Å². The highest BCUT2D eigenvalue weighted by Gasteiger charge is 2.16. The van der Waals surface area contributed by atoms with Gasteiger partial charge in [0.1, 0.15) is 4.83 Å². The second-order valence-corrected chi connectivity index (χ2v) is 9.05. The summed E-state index contributed by atoms with van der Waals surface area (Å²) in [6.07, 6.45) is 3.30. The summed E-state index contributed by atoms with van der Waals surface area (Å²) in [4.78, 5) is 21.5. The lowest BCUT2D eigenvalue weighted by Crippen LogP contribution is -2.33. The lowest BCUT2D eigenvalue weighted by Gasteiger charge is -2.31. The Morgan fingerprint density at radius 1 is 1.13 bits per heavy atom. The minimum absolute atomic E-state index is 0.00252. The first-order chi connectivity index (χ1) is 14.7. The quantitative estimate of drug-likeness (QED) is 0.448. The van der Waals surface area contributed by atoms with Crippen molar-refractivity contribution in [2.75, 3.05) is 24.5 Å². The average Bonchev–Trinajstić information content (AvgIpc) is 3.18. The van der Waals surface area contributed by atoms with Gasteiger partial charge in [0.15, 0.2) is 0 Å². The Morgan fingerprint density at radius 2 is 2.03 bits per heavy atom. The van der Waals surface area contributed by atoms with Crippen molar-refractivity contribution in [3.63, 3.8) is 0 Å². The van der Waals surface area contributed by atoms with Crippen molar-refractivity contribution >= 4 is 44.1 Å². The molecule has 1 N–H and O–H groups in total. The van der Waals surface area contributed by atoms with Crippen LogP contribution in [0.25, 0.3) is 21.1 Å². The third-order valence-electron chi connectivity index (χ3n) is 5.78. The number of carbonyl (C=O) groups excluding carboxylic acids is 1. The van der Waals surface area contributed by atoms with Crippen LogP contribution in [0.5, 0.6) is 0 Å². The van der Waals surface area contributed by atoms with Gasteiger partial charge in [0.05, 0.1) is 10.4 Å². The predicted molar refractivity (Wildman–Crippen MR) is 126 cm³/mol. The van der Waals surface area contributed by atoms with Crippen molar-refractivity contribution in [3.8, 4) is 0 Å². The fraction of sp³-hybridized carbons (Fsp3) is 0.280. The maximum Gasteiger partial charge on any atom is 0.261 e. The first-order valence-corrected chi connectivity index (χ1v) is 11.4. The van der Waals surface area contributed by atoms with Crippen LogP contribution in [0.4, 0.5) is 5.69 Å². The van der Waals surface area contributed by atoms with E-state index < -0.39 is 0 Å². The van der Waals surface area contributed by atoms with Crippen LogP contribution in [0.2, 0.25) is 0 Å². The smallest absolute Gasteiger partial charge is 0.261 e. The Hall–Kier alpha value is -2.92. The summed E-state index contributed by atoms with van der Waals surface area (Å²) in [7, 11) is 0. The van der Waals surface area contributed by atoms with Gasteiger partial charge < -0.3 is 10.2 Å². The molecular weight excluding hydrogens is 390 g/mol. The Kier molecular flexibility index (Phi) is 5.13. The largest absolute Gasteiger partial charge is 0.371 e. The number of nitrogens with one attached hydrogen (secondary N) is 1. The number of aromatic nitrogens is 1. The average molecular weight is 416 g/mol. The van der Waals surface area contributed by atoms with Crippen LogP contribution in [-0.4, -0.2) is 30.5 Å². The molecule has 0 radical (unpaired) electrons. The number of aryl methyl sites for hydroxylation is 2. The highest BCUT2D eigenvalue weighted by atomic mass is 32.1. The predicted octanol–water partition coefficient (Wildman–Crippen LogP) is 5.33. The van der Waals surface area contributed by atoms with Gasteiger partial charge in [0.2, 0.25) is 0 Å². The molecule has 0 unspecified atom stereocenters. The molecule has 0 fully saturated rings. The third kappa shape index (κ3) is 3.77. The highest BCUT2D eigenvalue weighted by Crippen LogP contribution is 2.28. The molecule has 2 aromatic carbocycles. The van der Waals surface area contributed by atoms with Gasteiger partial charge in [-0.1, -0.05) is 29.8 Å². The molecule has 5 rings (SSSR count). The Morgan fingerprint density at radius 3 is 2.97 bits per heavy atom. The molecule has 0 aliphatic carbocycles. The molecule has 1 amide bonds. The first kappa shape index (κ1) is 19.1. The molecular formula is C25H25N3OS. The van der Waals surface area contributed by atoms with Gasteiger partial charge >= 0.3 is 0 Å². The Balaban J connectivity index is 1.22. The van der Waals surface area contributed by atoms with Crippen LogP contribution in [0.1, 0.15) is 33.6 Å². The van der Waals surface area contributed by atoms with E-state index in [0.29, 0.717) is 6.54 Å². The number of para-hydroxylation sites is 1. The number of hydrogen-bond donors (Lipinski definition) is 1. The van der Waals surface area contributed by atoms with Crippen LogP contribution in [-0.2, 0) is 6.42 Å². The number of nitrogens with zero attached hydrogens (tertiary/aromatic N) is 2. The topological polar surface area (TPSA) is 45.2 Å². The maximum absolute atomic E-state index is 12.7. The van der Waals surface area contributed by atoms with E-state index in [1.807, 2.05) is 12.1 Å². The number of hydrogen-bond acceptors (Lipinski definition) is 4. The number of rotatable bonds is 5. The molecule has 0 spiro atoms. The van der Waals surface area contributed by atoms with Gasteiger partial charge in [-0.3, -0.25) is 4.79 Å². The highest BCUT2D eigenvalue weighted by molar-refractivity contribution is 7.20. The van der Waals surface area contributed by atoms with E-state index in [2.05, 4.69) is 59.6 Å². The summed E-state index contributed by atoms with van der Waals surface area (Å²) in [5.74, 6) is -0.00252. The molecule has 1 aliphatic rings. The number of anilines is 1. The number of pyridine rings is 1. The number of benzene rings is 2. The monoisotopic (exact) mass is 415 g/mol. The molecule has 5 heteroatoms. The molecule has 4 aromatic rings. The van der Waals surface area contributed by atoms with Gasteiger partial charge in [-0.2, -0.15) is 0 Å². The summed E-state index contributed by atoms with van der Waals surface area (Å²) >= 11 is 1.47. The minimum Gasteiger partial charge on any atom is -0.371 e. The van der Waals surface area contributed by atoms with E-state index in [1.165, 1.54) is 34.6 Å². The Labute approximate surface area is 180 Å². The van der Waals surface area contributed by atoms with E-state index >= 15 is 0 Å². The molecule has 30 heavy (non-hydrogen) atoms. The van der Waals surface area contributed by atoms with Gasteiger partial charge in [0, 0.05) is 36.1 Å². The van der Waals surface area contributed by atoms with Crippen LogP contribution >= 0.6 is 11.3 Å². The van der Waals surface area contributed by atoms with Crippen molar-refractivity contribution in [2.45, 2.75) is 26.2 Å². The lowest BCUT2D eigenvalue weighted by molar-refractivity contribution is 0.0957. The lowest BCUT2D eigenvalue weighted by atomic mass is 10.0. The van der Waals surface area contributed by atoms with Crippen molar-refractivity contribution in [3.05, 3.63) is 70.6 Å². The van der Waals surface area contributed by atoms with Gasteiger partial charge in [-0.25, -0.2) is 4.98 Å². The number of amides is 1. The Bertz CT molecular complexity index is 1230. The van der Waals surface area contributed by atoms with Gasteiger partial charge in [-0.15, -0.1) is 11.3 Å². The second kappa shape index (κ2) is 8.07. The third-order valence-corrected chi connectivity index (χ3v) is 6.82. The summed E-state index contributed by atoms with van der Waals surface area (Å²) < 4.78 is 0. The van der Waals surface area contributed by atoms with Crippen molar-refractivity contribution in [1.82, 2.24) is 10.3 Å². The van der Waals surface area contributed by atoms with Crippen LogP contribution in [0.3, 0.4) is 0 Å². The maximum atomic E-state index is 12.7. The minimum atomic E-state index is -0.00252. The summed E-state index contributed by atoms with van der Waals surface area (Å²) in [5, 5.41) is 5.25. The van der Waals surface area contributed by atoms with E-state index in [4.69, 9.17) is 4.98 Å². The van der Waals surface area contributed by atoms with Crippen molar-refractivity contribution < 1.29 is 4.79 Å². The zero-order valence-corrected chi connectivity index (χ0v) is 18.0. The fourth-order valence-electron chi connectivity index (χ4n) is 4.27. The molecule has 1 aliphatic heterocycles. The van der Waals surface area contributed by atoms with E-state index in [0.717, 1.165) is 51.9 Å².